The second kappa shape index (κ2) is 11.5. The molecule has 2 aromatic rings. The fourth-order valence-corrected chi connectivity index (χ4v) is 3.03. The maximum atomic E-state index is 13.0. The van der Waals surface area contributed by atoms with Gasteiger partial charge in [0.25, 0.3) is 5.91 Å². The number of nitrogens with one attached hydrogen (secondary N) is 1. The Kier molecular flexibility index (Phi) is 9.00. The Morgan fingerprint density at radius 3 is 2.41 bits per heavy atom. The molecule has 2 aromatic carbocycles. The lowest BCUT2D eigenvalue weighted by Crippen LogP contribution is -2.49. The molecule has 0 bridgehead atoms. The first kappa shape index (κ1) is 22.8. The zero-order valence-electron chi connectivity index (χ0n) is 17.3. The SMILES string of the molecule is CCCNC(=O)[C@@H](C)N(Cc1ccccc1Cl)C(=O)COc1ccc(CC)cc1. The number of hydrogen-bond acceptors (Lipinski definition) is 3. The van der Waals surface area contributed by atoms with E-state index < -0.39 is 6.04 Å². The van der Waals surface area contributed by atoms with E-state index >= 15 is 0 Å². The van der Waals surface area contributed by atoms with Gasteiger partial charge in [0.05, 0.1) is 0 Å². The first-order valence-corrected chi connectivity index (χ1v) is 10.4. The predicted octanol–water partition coefficient (Wildman–Crippen LogP) is 4.22. The third-order valence-electron chi connectivity index (χ3n) is 4.71. The number of nitrogens with zero attached hydrogens (tertiary/aromatic N) is 1. The molecular formula is C23H29ClN2O3. The molecule has 0 fully saturated rings. The summed E-state index contributed by atoms with van der Waals surface area (Å²) in [5.41, 5.74) is 1.98. The monoisotopic (exact) mass is 416 g/mol. The molecule has 0 radical (unpaired) electrons. The number of amides is 2. The molecule has 0 saturated heterocycles. The minimum absolute atomic E-state index is 0.151. The van der Waals surface area contributed by atoms with Gasteiger partial charge in [0.1, 0.15) is 11.8 Å². The average Bonchev–Trinajstić information content (AvgIpc) is 2.75. The smallest absolute Gasteiger partial charge is 0.261 e. The van der Waals surface area contributed by atoms with Crippen molar-refractivity contribution >= 4 is 23.4 Å². The van der Waals surface area contributed by atoms with Crippen LogP contribution in [0.1, 0.15) is 38.3 Å². The molecule has 6 heteroatoms. The highest BCUT2D eigenvalue weighted by atomic mass is 35.5. The number of benzene rings is 2. The minimum Gasteiger partial charge on any atom is -0.484 e. The maximum absolute atomic E-state index is 13.0. The lowest BCUT2D eigenvalue weighted by molar-refractivity contribution is -0.142. The van der Waals surface area contributed by atoms with Crippen LogP contribution >= 0.6 is 11.6 Å². The maximum Gasteiger partial charge on any atom is 0.261 e. The summed E-state index contributed by atoms with van der Waals surface area (Å²) in [7, 11) is 0. The second-order valence-electron chi connectivity index (χ2n) is 6.87. The first-order valence-electron chi connectivity index (χ1n) is 9.98. The summed E-state index contributed by atoms with van der Waals surface area (Å²) in [5, 5.41) is 3.41. The largest absolute Gasteiger partial charge is 0.484 e. The molecule has 0 aromatic heterocycles. The summed E-state index contributed by atoms with van der Waals surface area (Å²) in [6, 6.07) is 14.3. The Hall–Kier alpha value is -2.53. The molecule has 0 spiro atoms. The van der Waals surface area contributed by atoms with E-state index in [1.807, 2.05) is 49.4 Å². The van der Waals surface area contributed by atoms with E-state index in [0.717, 1.165) is 18.4 Å². The topological polar surface area (TPSA) is 58.6 Å². The molecule has 156 valence electrons. The number of ether oxygens (including phenoxy) is 1. The van der Waals surface area contributed by atoms with Crippen LogP contribution in [0.15, 0.2) is 48.5 Å². The Labute approximate surface area is 178 Å². The highest BCUT2D eigenvalue weighted by molar-refractivity contribution is 6.31. The third kappa shape index (κ3) is 6.79. The number of carbonyl (C=O) groups excluding carboxylic acids is 2. The van der Waals surface area contributed by atoms with E-state index in [0.29, 0.717) is 17.3 Å². The van der Waals surface area contributed by atoms with Gasteiger partial charge < -0.3 is 15.0 Å². The van der Waals surface area contributed by atoms with Crippen LogP contribution in [0, 0.1) is 0 Å². The van der Waals surface area contributed by atoms with E-state index in [2.05, 4.69) is 12.2 Å². The highest BCUT2D eigenvalue weighted by Gasteiger charge is 2.26. The van der Waals surface area contributed by atoms with Gasteiger partial charge in [-0.15, -0.1) is 0 Å². The summed E-state index contributed by atoms with van der Waals surface area (Å²) >= 11 is 6.27. The van der Waals surface area contributed by atoms with Crippen molar-refractivity contribution in [1.29, 1.82) is 0 Å². The summed E-state index contributed by atoms with van der Waals surface area (Å²) in [6.45, 7) is 6.43. The molecular weight excluding hydrogens is 388 g/mol. The van der Waals surface area contributed by atoms with Gasteiger partial charge in [-0.3, -0.25) is 9.59 Å². The van der Waals surface area contributed by atoms with E-state index in [1.165, 1.54) is 10.5 Å². The Morgan fingerprint density at radius 1 is 1.10 bits per heavy atom. The summed E-state index contributed by atoms with van der Waals surface area (Å²) in [6.07, 6.45) is 1.77. The van der Waals surface area contributed by atoms with E-state index in [4.69, 9.17) is 16.3 Å². The van der Waals surface area contributed by atoms with Crippen molar-refractivity contribution in [2.24, 2.45) is 0 Å². The number of hydrogen-bond donors (Lipinski definition) is 1. The van der Waals surface area contributed by atoms with Crippen LogP contribution in [0.3, 0.4) is 0 Å². The van der Waals surface area contributed by atoms with Crippen LogP contribution in [0.2, 0.25) is 5.02 Å². The second-order valence-corrected chi connectivity index (χ2v) is 7.27. The third-order valence-corrected chi connectivity index (χ3v) is 5.08. The Balaban J connectivity index is 2.12. The molecule has 0 saturated carbocycles. The fourth-order valence-electron chi connectivity index (χ4n) is 2.84. The zero-order chi connectivity index (χ0) is 21.2. The van der Waals surface area contributed by atoms with Crippen LogP contribution in [-0.4, -0.2) is 35.9 Å². The van der Waals surface area contributed by atoms with Crippen LogP contribution < -0.4 is 10.1 Å². The van der Waals surface area contributed by atoms with Crippen molar-refractivity contribution in [2.45, 2.75) is 46.2 Å². The van der Waals surface area contributed by atoms with Crippen molar-refractivity contribution in [2.75, 3.05) is 13.2 Å². The van der Waals surface area contributed by atoms with Crippen LogP contribution in [-0.2, 0) is 22.6 Å². The zero-order valence-corrected chi connectivity index (χ0v) is 18.0. The summed E-state index contributed by atoms with van der Waals surface area (Å²) < 4.78 is 5.67. The normalized spacial score (nSPS) is 11.6. The van der Waals surface area contributed by atoms with Crippen LogP contribution in [0.25, 0.3) is 0 Å². The molecule has 0 heterocycles. The van der Waals surface area contributed by atoms with Gasteiger partial charge in [-0.25, -0.2) is 0 Å². The molecule has 29 heavy (non-hydrogen) atoms. The average molecular weight is 417 g/mol. The highest BCUT2D eigenvalue weighted by Crippen LogP contribution is 2.19. The number of rotatable bonds is 10. The van der Waals surface area contributed by atoms with Gasteiger partial charge in [0.15, 0.2) is 6.61 Å². The van der Waals surface area contributed by atoms with Gasteiger partial charge in [-0.2, -0.15) is 0 Å². The first-order chi connectivity index (χ1) is 14.0. The molecule has 1 N–H and O–H groups in total. The summed E-state index contributed by atoms with van der Waals surface area (Å²) in [4.78, 5) is 26.9. The van der Waals surface area contributed by atoms with Crippen molar-refractivity contribution in [3.63, 3.8) is 0 Å². The molecule has 0 aliphatic rings. The lowest BCUT2D eigenvalue weighted by atomic mass is 10.1. The molecule has 0 aliphatic heterocycles. The predicted molar refractivity (Wildman–Crippen MR) is 116 cm³/mol. The summed E-state index contributed by atoms with van der Waals surface area (Å²) in [5.74, 6) is 0.152. The van der Waals surface area contributed by atoms with Gasteiger partial charge >= 0.3 is 0 Å². The van der Waals surface area contributed by atoms with Crippen molar-refractivity contribution in [3.05, 3.63) is 64.7 Å². The quantitative estimate of drug-likeness (QED) is 0.630. The van der Waals surface area contributed by atoms with Crippen molar-refractivity contribution in [1.82, 2.24) is 10.2 Å². The Bertz CT molecular complexity index is 808. The van der Waals surface area contributed by atoms with Crippen LogP contribution in [0.5, 0.6) is 5.75 Å². The number of carbonyl (C=O) groups is 2. The molecule has 0 aliphatic carbocycles. The number of aryl methyl sites for hydroxylation is 1. The standard InChI is InChI=1S/C23H29ClN2O3/c1-4-14-25-23(28)17(3)26(15-19-8-6-7-9-21(19)24)22(27)16-29-20-12-10-18(5-2)11-13-20/h6-13,17H,4-5,14-16H2,1-3H3,(H,25,28)/t17-/m1/s1. The number of halogens is 1. The Morgan fingerprint density at radius 2 is 1.79 bits per heavy atom. The molecule has 2 rings (SSSR count). The molecule has 2 amide bonds. The van der Waals surface area contributed by atoms with E-state index in [9.17, 15) is 9.59 Å². The molecule has 5 nitrogen and oxygen atoms in total. The van der Waals surface area contributed by atoms with Crippen molar-refractivity contribution < 1.29 is 14.3 Å². The van der Waals surface area contributed by atoms with Gasteiger partial charge in [-0.1, -0.05) is 55.8 Å². The van der Waals surface area contributed by atoms with Crippen LogP contribution in [0.4, 0.5) is 0 Å². The van der Waals surface area contributed by atoms with E-state index in [-0.39, 0.29) is 25.0 Å². The minimum atomic E-state index is -0.642. The van der Waals surface area contributed by atoms with Gasteiger partial charge in [-0.05, 0) is 49.1 Å². The lowest BCUT2D eigenvalue weighted by Gasteiger charge is -2.29. The van der Waals surface area contributed by atoms with Crippen molar-refractivity contribution in [3.8, 4) is 5.75 Å². The van der Waals surface area contributed by atoms with Gasteiger partial charge in [0, 0.05) is 18.1 Å². The van der Waals surface area contributed by atoms with E-state index in [1.54, 1.807) is 13.0 Å². The fraction of sp³-hybridized carbons (Fsp3) is 0.391. The molecule has 0 unspecified atom stereocenters. The van der Waals surface area contributed by atoms with Gasteiger partial charge in [0.2, 0.25) is 5.91 Å². The molecule has 1 atom stereocenters.